The van der Waals surface area contributed by atoms with Gasteiger partial charge in [0.15, 0.2) is 0 Å². The smallest absolute Gasteiger partial charge is 0.425 e. The summed E-state index contributed by atoms with van der Waals surface area (Å²) in [6.07, 6.45) is -3.16. The number of benzene rings is 1. The molecule has 0 fully saturated rings. The highest BCUT2D eigenvalue weighted by molar-refractivity contribution is 6.09. The van der Waals surface area contributed by atoms with E-state index in [4.69, 9.17) is 4.74 Å². The number of nitrogens with one attached hydrogen (secondary N) is 3. The number of carbonyl (C=O) groups excluding carboxylic acids is 2. The molecule has 3 aromatic rings. The van der Waals surface area contributed by atoms with Gasteiger partial charge in [0.2, 0.25) is 0 Å². The van der Waals surface area contributed by atoms with Crippen molar-refractivity contribution in [2.24, 2.45) is 0 Å². The van der Waals surface area contributed by atoms with Crippen molar-refractivity contribution in [2.45, 2.75) is 11.7 Å². The van der Waals surface area contributed by atoms with Gasteiger partial charge in [-0.15, -0.1) is 0 Å². The van der Waals surface area contributed by atoms with Crippen LogP contribution in [0.2, 0.25) is 0 Å². The summed E-state index contributed by atoms with van der Waals surface area (Å²) in [4.78, 5) is 55.9. The lowest BCUT2D eigenvalue weighted by atomic mass is 9.91. The molecule has 4 rings (SSSR count). The molecule has 0 bridgehead atoms. The maximum Gasteiger partial charge on any atom is 0.425 e. The van der Waals surface area contributed by atoms with Crippen LogP contribution in [-0.2, 0) is 10.3 Å². The largest absolute Gasteiger partial charge is 0.497 e. The molecule has 1 aliphatic heterocycles. The first-order valence-electron chi connectivity index (χ1n) is 9.25. The first kappa shape index (κ1) is 21.8. The molecule has 3 N–H and O–H groups in total. The molecule has 2 aromatic heterocycles. The van der Waals surface area contributed by atoms with Gasteiger partial charge in [0.1, 0.15) is 17.1 Å². The predicted octanol–water partition coefficient (Wildman–Crippen LogP) is 1.07. The molecule has 33 heavy (non-hydrogen) atoms. The zero-order chi connectivity index (χ0) is 24.0. The second-order valence-corrected chi connectivity index (χ2v) is 6.91. The van der Waals surface area contributed by atoms with Gasteiger partial charge in [-0.2, -0.15) is 13.2 Å². The van der Waals surface area contributed by atoms with Crippen LogP contribution < -0.4 is 26.6 Å². The summed E-state index contributed by atoms with van der Waals surface area (Å²) in [5, 5.41) is 3.59. The SMILES string of the molecule is COc1ccc(-n2c3c(c(=O)[nH]c2=O)[C@@](NC(=O)c2cccnc2)(C(F)(F)F)C(=O)N3)cc1. The van der Waals surface area contributed by atoms with Crippen LogP contribution in [0.1, 0.15) is 15.9 Å². The van der Waals surface area contributed by atoms with Gasteiger partial charge < -0.3 is 15.4 Å². The lowest BCUT2D eigenvalue weighted by molar-refractivity contribution is -0.196. The number of aromatic amines is 1. The normalized spacial score (nSPS) is 17.3. The average Bonchev–Trinajstić information content (AvgIpc) is 3.07. The number of anilines is 1. The number of methoxy groups -OCH3 is 1. The molecule has 3 heterocycles. The second-order valence-electron chi connectivity index (χ2n) is 6.91. The van der Waals surface area contributed by atoms with Crippen molar-refractivity contribution in [3.05, 3.63) is 80.8 Å². The molecule has 0 saturated carbocycles. The number of H-pyrrole nitrogens is 1. The third kappa shape index (κ3) is 3.33. The Morgan fingerprint density at radius 3 is 2.42 bits per heavy atom. The van der Waals surface area contributed by atoms with Gasteiger partial charge in [-0.05, 0) is 36.4 Å². The van der Waals surface area contributed by atoms with Gasteiger partial charge in [0.25, 0.3) is 22.9 Å². The van der Waals surface area contributed by atoms with Crippen LogP contribution in [0.4, 0.5) is 19.0 Å². The highest BCUT2D eigenvalue weighted by Crippen LogP contribution is 2.45. The van der Waals surface area contributed by atoms with E-state index in [0.717, 1.165) is 6.20 Å². The molecule has 1 aliphatic rings. The maximum absolute atomic E-state index is 14.4. The quantitative estimate of drug-likeness (QED) is 0.532. The Morgan fingerprint density at radius 2 is 1.85 bits per heavy atom. The van der Waals surface area contributed by atoms with E-state index in [1.807, 2.05) is 5.32 Å². The molecule has 0 radical (unpaired) electrons. The molecular formula is C20H14F3N5O5. The van der Waals surface area contributed by atoms with Gasteiger partial charge in [-0.25, -0.2) is 9.36 Å². The van der Waals surface area contributed by atoms with Crippen LogP contribution in [0.15, 0.2) is 58.4 Å². The zero-order valence-electron chi connectivity index (χ0n) is 16.7. The fourth-order valence-corrected chi connectivity index (χ4v) is 3.50. The lowest BCUT2D eigenvalue weighted by Gasteiger charge is -2.30. The van der Waals surface area contributed by atoms with Gasteiger partial charge in [-0.1, -0.05) is 0 Å². The summed E-state index contributed by atoms with van der Waals surface area (Å²) in [5.74, 6) is -3.38. The molecule has 170 valence electrons. The highest BCUT2D eigenvalue weighted by Gasteiger charge is 2.68. The number of fused-ring (bicyclic) bond motifs is 1. The summed E-state index contributed by atoms with van der Waals surface area (Å²) < 4.78 is 48.9. The van der Waals surface area contributed by atoms with Gasteiger partial charge >= 0.3 is 11.9 Å². The Hall–Kier alpha value is -4.42. The minimum absolute atomic E-state index is 0.0326. The summed E-state index contributed by atoms with van der Waals surface area (Å²) in [6.45, 7) is 0. The first-order valence-corrected chi connectivity index (χ1v) is 9.25. The molecule has 0 unspecified atom stereocenters. The summed E-state index contributed by atoms with van der Waals surface area (Å²) in [6, 6.07) is 8.03. The molecular weight excluding hydrogens is 447 g/mol. The minimum atomic E-state index is -5.45. The molecule has 0 aliphatic carbocycles. The van der Waals surface area contributed by atoms with Crippen LogP contribution in [0.5, 0.6) is 5.75 Å². The molecule has 2 amide bonds. The Morgan fingerprint density at radius 1 is 1.15 bits per heavy atom. The minimum Gasteiger partial charge on any atom is -0.497 e. The number of amides is 2. The Bertz CT molecular complexity index is 1370. The number of halogens is 3. The number of aromatic nitrogens is 3. The van der Waals surface area contributed by atoms with Crippen LogP contribution in [0.3, 0.4) is 0 Å². The second kappa shape index (κ2) is 7.62. The third-order valence-electron chi connectivity index (χ3n) is 5.04. The number of ether oxygens (including phenoxy) is 1. The van der Waals surface area contributed by atoms with Crippen LogP contribution >= 0.6 is 0 Å². The number of pyridine rings is 1. The van der Waals surface area contributed by atoms with Gasteiger partial charge in [-0.3, -0.25) is 24.4 Å². The van der Waals surface area contributed by atoms with E-state index in [2.05, 4.69) is 4.98 Å². The summed E-state index contributed by atoms with van der Waals surface area (Å²) in [7, 11) is 1.39. The average molecular weight is 461 g/mol. The Balaban J connectivity index is 1.96. The van der Waals surface area contributed by atoms with E-state index >= 15 is 0 Å². The number of carbonyl (C=O) groups is 2. The van der Waals surface area contributed by atoms with Crippen molar-refractivity contribution in [3.8, 4) is 11.4 Å². The van der Waals surface area contributed by atoms with E-state index in [9.17, 15) is 32.3 Å². The van der Waals surface area contributed by atoms with E-state index in [1.165, 1.54) is 49.7 Å². The number of hydrogen-bond acceptors (Lipinski definition) is 6. The standard InChI is InChI=1S/C20H14F3N5O5/c1-33-12-6-4-11(5-7-12)28-14-13(16(30)26-18(28)32)19(17(31)25-14,20(21,22)23)27-15(29)10-3-2-8-24-9-10/h2-9H,1H3,(H,25,31)(H,27,29)(H,26,30,32)/t19-/m0/s1. The number of hydrogen-bond donors (Lipinski definition) is 3. The molecule has 0 saturated heterocycles. The number of alkyl halides is 3. The fraction of sp³-hybridized carbons (Fsp3) is 0.150. The molecule has 10 nitrogen and oxygen atoms in total. The molecule has 1 atom stereocenters. The Labute approximate surface area is 182 Å². The molecule has 0 spiro atoms. The lowest BCUT2D eigenvalue weighted by Crippen LogP contribution is -2.62. The highest BCUT2D eigenvalue weighted by atomic mass is 19.4. The fourth-order valence-electron chi connectivity index (χ4n) is 3.50. The van der Waals surface area contributed by atoms with Crippen LogP contribution in [0.25, 0.3) is 5.69 Å². The predicted molar refractivity (Wildman–Crippen MR) is 107 cm³/mol. The van der Waals surface area contributed by atoms with Gasteiger partial charge in [0, 0.05) is 12.4 Å². The van der Waals surface area contributed by atoms with E-state index in [-0.39, 0.29) is 11.3 Å². The van der Waals surface area contributed by atoms with Crippen molar-refractivity contribution in [2.75, 3.05) is 12.4 Å². The maximum atomic E-state index is 14.4. The van der Waals surface area contributed by atoms with Crippen LogP contribution in [0, 0.1) is 0 Å². The monoisotopic (exact) mass is 461 g/mol. The van der Waals surface area contributed by atoms with Crippen molar-refractivity contribution >= 4 is 17.6 Å². The zero-order valence-corrected chi connectivity index (χ0v) is 16.7. The van der Waals surface area contributed by atoms with Crippen molar-refractivity contribution in [3.63, 3.8) is 0 Å². The van der Waals surface area contributed by atoms with Crippen molar-refractivity contribution in [1.82, 2.24) is 19.9 Å². The number of rotatable bonds is 4. The van der Waals surface area contributed by atoms with E-state index in [1.54, 1.807) is 10.3 Å². The van der Waals surface area contributed by atoms with Crippen molar-refractivity contribution < 1.29 is 27.5 Å². The van der Waals surface area contributed by atoms with Crippen LogP contribution in [-0.4, -0.2) is 39.6 Å². The summed E-state index contributed by atoms with van der Waals surface area (Å²) >= 11 is 0. The van der Waals surface area contributed by atoms with E-state index < -0.39 is 46.2 Å². The van der Waals surface area contributed by atoms with Crippen molar-refractivity contribution in [1.29, 1.82) is 0 Å². The number of nitrogens with zero attached hydrogens (tertiary/aromatic N) is 2. The third-order valence-corrected chi connectivity index (χ3v) is 5.04. The topological polar surface area (TPSA) is 135 Å². The molecule has 1 aromatic carbocycles. The van der Waals surface area contributed by atoms with E-state index in [0.29, 0.717) is 10.3 Å². The first-order chi connectivity index (χ1) is 15.6. The van der Waals surface area contributed by atoms with Gasteiger partial charge in [0.05, 0.1) is 18.4 Å². The molecule has 13 heteroatoms. The summed E-state index contributed by atoms with van der Waals surface area (Å²) in [5.41, 5.74) is -7.76. The Kier molecular flexibility index (Phi) is 5.03.